The molecule has 0 aliphatic carbocycles. The molecule has 13 heteroatoms. The molecule has 43 heavy (non-hydrogen) atoms. The first-order valence-corrected chi connectivity index (χ1v) is 14.5. The molecular formula is C30H28N4O8S. The number of hydrogen-bond acceptors (Lipinski definition) is 8. The molecule has 12 nitrogen and oxygen atoms in total. The molecule has 5 amide bonds. The minimum atomic E-state index is -1.35. The third-order valence-electron chi connectivity index (χ3n) is 7.17. The summed E-state index contributed by atoms with van der Waals surface area (Å²) in [7, 11) is 0. The molecule has 222 valence electrons. The van der Waals surface area contributed by atoms with E-state index in [-0.39, 0.29) is 30.2 Å². The molecular weight excluding hydrogens is 576 g/mol. The number of fused-ring (bicyclic) bond motifs is 1. The summed E-state index contributed by atoms with van der Waals surface area (Å²) in [6.45, 7) is 1.07. The Hall–Kier alpha value is -4.91. The Kier molecular flexibility index (Phi) is 8.62. The van der Waals surface area contributed by atoms with Crippen molar-refractivity contribution in [2.24, 2.45) is 0 Å². The molecule has 3 N–H and O–H groups in total. The number of hydrogen-bond donors (Lipinski definition) is 3. The number of carboxylic acids is 1. The van der Waals surface area contributed by atoms with Crippen LogP contribution in [0.25, 0.3) is 6.08 Å². The third-order valence-corrected chi connectivity index (χ3v) is 8.51. The number of aliphatic carboxylic acids is 1. The zero-order valence-corrected chi connectivity index (χ0v) is 23.8. The monoisotopic (exact) mass is 604 g/mol. The van der Waals surface area contributed by atoms with Gasteiger partial charge in [0.05, 0.1) is 0 Å². The van der Waals surface area contributed by atoms with E-state index in [9.17, 15) is 33.9 Å². The van der Waals surface area contributed by atoms with E-state index >= 15 is 0 Å². The summed E-state index contributed by atoms with van der Waals surface area (Å²) in [6.07, 6.45) is 2.08. The lowest BCUT2D eigenvalue weighted by molar-refractivity contribution is -0.151. The summed E-state index contributed by atoms with van der Waals surface area (Å²) in [4.78, 5) is 78.3. The number of ether oxygens (including phenoxy) is 1. The number of carbonyl (C=O) groups is 6. The van der Waals surface area contributed by atoms with Crippen LogP contribution in [0.3, 0.4) is 0 Å². The van der Waals surface area contributed by atoms with Gasteiger partial charge in [-0.1, -0.05) is 60.7 Å². The smallest absolute Gasteiger partial charge is 0.352 e. The number of β-lactam (4-membered cyclic amide) rings is 1. The Labute approximate surface area is 250 Å². The summed E-state index contributed by atoms with van der Waals surface area (Å²) in [5.41, 5.74) is 1.71. The average Bonchev–Trinajstić information content (AvgIpc) is 3.36. The van der Waals surface area contributed by atoms with Gasteiger partial charge < -0.3 is 20.5 Å². The number of amides is 5. The normalized spacial score (nSPS) is 21.2. The number of benzene rings is 2. The topological polar surface area (TPSA) is 162 Å². The zero-order chi connectivity index (χ0) is 30.7. The summed E-state index contributed by atoms with van der Waals surface area (Å²) in [5.74, 6) is -3.57. The first-order chi connectivity index (χ1) is 20.7. The summed E-state index contributed by atoms with van der Waals surface area (Å²) < 4.78 is 4.95. The van der Waals surface area contributed by atoms with Crippen LogP contribution in [0.4, 0.5) is 4.79 Å². The van der Waals surface area contributed by atoms with E-state index in [1.807, 2.05) is 30.3 Å². The largest absolute Gasteiger partial charge is 0.477 e. The van der Waals surface area contributed by atoms with Gasteiger partial charge >= 0.3 is 18.0 Å². The molecule has 2 aromatic carbocycles. The van der Waals surface area contributed by atoms with Crippen LogP contribution in [-0.2, 0) is 28.7 Å². The molecule has 2 saturated heterocycles. The van der Waals surface area contributed by atoms with Crippen molar-refractivity contribution in [3.05, 3.63) is 88.6 Å². The Bertz CT molecular complexity index is 1540. The number of nitrogens with one attached hydrogen (secondary N) is 2. The van der Waals surface area contributed by atoms with E-state index in [4.69, 9.17) is 4.74 Å². The van der Waals surface area contributed by atoms with Crippen LogP contribution in [0, 0.1) is 0 Å². The molecule has 2 fully saturated rings. The molecule has 2 aromatic rings. The number of rotatable bonds is 8. The van der Waals surface area contributed by atoms with Crippen LogP contribution in [0.1, 0.15) is 30.5 Å². The minimum Gasteiger partial charge on any atom is -0.477 e. The van der Waals surface area contributed by atoms with Crippen molar-refractivity contribution in [3.8, 4) is 0 Å². The Morgan fingerprint density at radius 1 is 1.07 bits per heavy atom. The van der Waals surface area contributed by atoms with Gasteiger partial charge in [0.25, 0.3) is 11.8 Å². The molecule has 3 atom stereocenters. The molecule has 3 aliphatic rings. The van der Waals surface area contributed by atoms with Crippen LogP contribution in [0.15, 0.2) is 77.5 Å². The molecule has 0 saturated carbocycles. The minimum absolute atomic E-state index is 0.140. The van der Waals surface area contributed by atoms with Crippen molar-refractivity contribution in [2.75, 3.05) is 18.9 Å². The highest BCUT2D eigenvalue weighted by Gasteiger charge is 2.54. The number of urea groups is 1. The first kappa shape index (κ1) is 29.6. The standard InChI is InChI=1S/C30H28N4O8S/c1-17(35)42-15-21-16-43-28-23(27(38)34(28)24(21)29(39)40)31-25(36)22(19-10-6-3-7-11-19)32-30(41)33-13-12-20(26(33)37)14-18-8-4-2-5-9-18/h2-11,14,22-23,28H,12-13,15-16H2,1H3,(H,31,36)(H,32,41)(H,39,40)/t22?,23?,28-/m0/s1. The molecule has 0 radical (unpaired) electrons. The number of carbonyl (C=O) groups excluding carboxylic acids is 5. The zero-order valence-electron chi connectivity index (χ0n) is 23.0. The highest BCUT2D eigenvalue weighted by atomic mass is 32.2. The fourth-order valence-electron chi connectivity index (χ4n) is 5.06. The number of esters is 1. The first-order valence-electron chi connectivity index (χ1n) is 13.4. The van der Waals surface area contributed by atoms with Gasteiger partial charge in [0.15, 0.2) is 0 Å². The lowest BCUT2D eigenvalue weighted by Gasteiger charge is -2.49. The van der Waals surface area contributed by atoms with Crippen LogP contribution < -0.4 is 10.6 Å². The van der Waals surface area contributed by atoms with E-state index in [1.54, 1.807) is 36.4 Å². The van der Waals surface area contributed by atoms with E-state index in [1.165, 1.54) is 18.7 Å². The second kappa shape index (κ2) is 12.5. The van der Waals surface area contributed by atoms with Crippen molar-refractivity contribution in [3.63, 3.8) is 0 Å². The van der Waals surface area contributed by atoms with E-state index in [0.29, 0.717) is 17.6 Å². The molecule has 5 rings (SSSR count). The second-order valence-corrected chi connectivity index (χ2v) is 11.1. The van der Waals surface area contributed by atoms with Gasteiger partial charge in [0.1, 0.15) is 29.8 Å². The number of carboxylic acid groups (broad SMARTS) is 1. The predicted octanol–water partition coefficient (Wildman–Crippen LogP) is 2.05. The van der Waals surface area contributed by atoms with Crippen molar-refractivity contribution >= 4 is 53.5 Å². The van der Waals surface area contributed by atoms with Crippen LogP contribution in [0.2, 0.25) is 0 Å². The molecule has 2 unspecified atom stereocenters. The number of imide groups is 1. The number of nitrogens with zero attached hydrogens (tertiary/aromatic N) is 2. The SMILES string of the molecule is CC(=O)OCC1=C(C(=O)O)N2C(=O)C(NC(=O)C(NC(=O)N3CCC(=Cc4ccccc4)C3=O)c3ccccc3)[C@@H]2SC1. The van der Waals surface area contributed by atoms with Crippen molar-refractivity contribution < 1.29 is 38.6 Å². The predicted molar refractivity (Wildman–Crippen MR) is 155 cm³/mol. The van der Waals surface area contributed by atoms with E-state index < -0.39 is 53.1 Å². The fourth-order valence-corrected chi connectivity index (χ4v) is 6.39. The lowest BCUT2D eigenvalue weighted by Crippen LogP contribution is -2.71. The van der Waals surface area contributed by atoms with Crippen molar-refractivity contribution in [1.29, 1.82) is 0 Å². The molecule has 3 aliphatic heterocycles. The van der Waals surface area contributed by atoms with Gasteiger partial charge in [-0.25, -0.2) is 9.59 Å². The van der Waals surface area contributed by atoms with Gasteiger partial charge in [0.2, 0.25) is 5.91 Å². The fraction of sp³-hybridized carbons (Fsp3) is 0.267. The van der Waals surface area contributed by atoms with Crippen LogP contribution >= 0.6 is 11.8 Å². The van der Waals surface area contributed by atoms with Gasteiger partial charge in [-0.05, 0) is 23.6 Å². The van der Waals surface area contributed by atoms with E-state index in [2.05, 4.69) is 10.6 Å². The molecule has 0 spiro atoms. The van der Waals surface area contributed by atoms with Crippen LogP contribution in [-0.4, -0.2) is 80.9 Å². The maximum atomic E-state index is 13.6. The average molecular weight is 605 g/mol. The molecule has 0 bridgehead atoms. The van der Waals surface area contributed by atoms with Gasteiger partial charge in [-0.15, -0.1) is 11.8 Å². The summed E-state index contributed by atoms with van der Waals surface area (Å²) in [5, 5.41) is 14.4. The Morgan fingerprint density at radius 3 is 2.40 bits per heavy atom. The molecule has 3 heterocycles. The Morgan fingerprint density at radius 2 is 1.74 bits per heavy atom. The highest BCUT2D eigenvalue weighted by Crippen LogP contribution is 2.40. The maximum absolute atomic E-state index is 13.6. The number of likely N-dealkylation sites (tertiary alicyclic amines) is 1. The van der Waals surface area contributed by atoms with Crippen LogP contribution in [0.5, 0.6) is 0 Å². The van der Waals surface area contributed by atoms with Crippen molar-refractivity contribution in [1.82, 2.24) is 20.4 Å². The van der Waals surface area contributed by atoms with Gasteiger partial charge in [0, 0.05) is 30.4 Å². The Balaban J connectivity index is 1.30. The quantitative estimate of drug-likeness (QED) is 0.233. The molecule has 0 aromatic heterocycles. The maximum Gasteiger partial charge on any atom is 0.352 e. The second-order valence-electron chi connectivity index (χ2n) is 10.0. The van der Waals surface area contributed by atoms with Crippen molar-refractivity contribution in [2.45, 2.75) is 30.8 Å². The van der Waals surface area contributed by atoms with Gasteiger partial charge in [-0.2, -0.15) is 0 Å². The highest BCUT2D eigenvalue weighted by molar-refractivity contribution is 8.00. The summed E-state index contributed by atoms with van der Waals surface area (Å²) >= 11 is 1.22. The van der Waals surface area contributed by atoms with Gasteiger partial charge in [-0.3, -0.25) is 29.0 Å². The summed E-state index contributed by atoms with van der Waals surface area (Å²) in [6, 6.07) is 14.6. The third kappa shape index (κ3) is 6.16. The lowest BCUT2D eigenvalue weighted by atomic mass is 10.0. The number of thioether (sulfide) groups is 1. The van der Waals surface area contributed by atoms with E-state index in [0.717, 1.165) is 15.4 Å².